The molecular formula is C12H9BF. The minimum Gasteiger partial charge on any atom is -0.335 e. The summed E-state index contributed by atoms with van der Waals surface area (Å²) in [5, 5.41) is 0. The van der Waals surface area contributed by atoms with Crippen molar-refractivity contribution in [2.75, 3.05) is 0 Å². The number of benzene rings is 2. The zero-order valence-electron chi connectivity index (χ0n) is 7.65. The molecule has 0 spiro atoms. The largest absolute Gasteiger partial charge is 0.391 e. The lowest BCUT2D eigenvalue weighted by Gasteiger charge is -2.01. The van der Waals surface area contributed by atoms with Crippen LogP contribution in [0.15, 0.2) is 54.6 Å². The van der Waals surface area contributed by atoms with E-state index in [0.29, 0.717) is 13.0 Å². The third-order valence-corrected chi connectivity index (χ3v) is 2.14. The highest BCUT2D eigenvalue weighted by Gasteiger charge is 1.97. The van der Waals surface area contributed by atoms with Crippen molar-refractivity contribution in [1.82, 2.24) is 0 Å². The van der Waals surface area contributed by atoms with E-state index in [1.165, 1.54) is 0 Å². The first-order chi connectivity index (χ1) is 6.90. The van der Waals surface area contributed by atoms with Crippen molar-refractivity contribution in [1.29, 1.82) is 0 Å². The number of halogens is 1. The highest BCUT2D eigenvalue weighted by atomic mass is 19.1. The Hall–Kier alpha value is -1.57. The van der Waals surface area contributed by atoms with Crippen LogP contribution in [-0.4, -0.2) is 7.56 Å². The molecule has 2 aromatic rings. The molecule has 0 aliphatic rings. The monoisotopic (exact) mass is 183 g/mol. The van der Waals surface area contributed by atoms with Crippen molar-refractivity contribution in [2.45, 2.75) is 0 Å². The Labute approximate surface area is 83.7 Å². The molecule has 67 valence electrons. The highest BCUT2D eigenvalue weighted by Crippen LogP contribution is 2.16. The summed E-state index contributed by atoms with van der Waals surface area (Å²) in [6, 6.07) is 17.4. The molecular weight excluding hydrogens is 174 g/mol. The van der Waals surface area contributed by atoms with E-state index in [0.717, 1.165) is 11.1 Å². The Bertz CT molecular complexity index is 394. The molecule has 0 nitrogen and oxygen atoms in total. The van der Waals surface area contributed by atoms with Gasteiger partial charge in [0.2, 0.25) is 0 Å². The number of rotatable bonds is 2. The normalized spacial score (nSPS) is 9.79. The van der Waals surface area contributed by atoms with Gasteiger partial charge in [-0.25, -0.2) is 0 Å². The summed E-state index contributed by atoms with van der Waals surface area (Å²) >= 11 is 0. The lowest BCUT2D eigenvalue weighted by atomic mass is 9.90. The summed E-state index contributed by atoms with van der Waals surface area (Å²) in [4.78, 5) is 0. The van der Waals surface area contributed by atoms with Crippen molar-refractivity contribution in [3.05, 3.63) is 54.6 Å². The maximum Gasteiger partial charge on any atom is 0.391 e. The molecule has 0 heterocycles. The summed E-state index contributed by atoms with van der Waals surface area (Å²) in [6.07, 6.45) is 0. The van der Waals surface area contributed by atoms with Crippen LogP contribution in [0.4, 0.5) is 4.32 Å². The molecule has 0 N–H and O–H groups in total. The predicted octanol–water partition coefficient (Wildman–Crippen LogP) is 2.57. The van der Waals surface area contributed by atoms with E-state index in [9.17, 15) is 4.32 Å². The molecule has 14 heavy (non-hydrogen) atoms. The molecule has 0 aromatic heterocycles. The Morgan fingerprint density at radius 2 is 1.29 bits per heavy atom. The van der Waals surface area contributed by atoms with Gasteiger partial charge >= 0.3 is 7.56 Å². The van der Waals surface area contributed by atoms with Crippen molar-refractivity contribution in [3.8, 4) is 11.1 Å². The number of hydrogen-bond acceptors (Lipinski definition) is 0. The fourth-order valence-electron chi connectivity index (χ4n) is 1.38. The van der Waals surface area contributed by atoms with Crippen molar-refractivity contribution in [2.24, 2.45) is 0 Å². The van der Waals surface area contributed by atoms with Gasteiger partial charge in [0, 0.05) is 0 Å². The van der Waals surface area contributed by atoms with Gasteiger partial charge in [-0.15, -0.1) is 0 Å². The van der Waals surface area contributed by atoms with Crippen molar-refractivity contribution < 1.29 is 4.32 Å². The lowest BCUT2D eigenvalue weighted by molar-refractivity contribution is 0.885. The third-order valence-electron chi connectivity index (χ3n) is 2.14. The van der Waals surface area contributed by atoms with Crippen LogP contribution in [0.1, 0.15) is 0 Å². The molecule has 0 bridgehead atoms. The SMILES string of the molecule is F[B]c1ccc(-c2ccccc2)cc1. The lowest BCUT2D eigenvalue weighted by Crippen LogP contribution is -2.07. The van der Waals surface area contributed by atoms with E-state index in [1.54, 1.807) is 12.1 Å². The Kier molecular flexibility index (Phi) is 2.64. The second kappa shape index (κ2) is 4.10. The van der Waals surface area contributed by atoms with Gasteiger partial charge in [0.15, 0.2) is 0 Å². The topological polar surface area (TPSA) is 0 Å². The van der Waals surface area contributed by atoms with Crippen LogP contribution in [0.2, 0.25) is 0 Å². The molecule has 0 aliphatic heterocycles. The quantitative estimate of drug-likeness (QED) is 0.627. The van der Waals surface area contributed by atoms with E-state index in [-0.39, 0.29) is 0 Å². The average Bonchev–Trinajstić information content (AvgIpc) is 2.30. The summed E-state index contributed by atoms with van der Waals surface area (Å²) < 4.78 is 12.1. The molecule has 2 heteroatoms. The molecule has 2 aromatic carbocycles. The maximum atomic E-state index is 12.1. The van der Waals surface area contributed by atoms with Gasteiger partial charge in [-0.3, -0.25) is 0 Å². The summed E-state index contributed by atoms with van der Waals surface area (Å²) in [7, 11) is 0.606. The molecule has 0 saturated heterocycles. The predicted molar refractivity (Wildman–Crippen MR) is 58.4 cm³/mol. The van der Waals surface area contributed by atoms with Crippen molar-refractivity contribution >= 4 is 13.0 Å². The maximum absolute atomic E-state index is 12.1. The summed E-state index contributed by atoms with van der Waals surface area (Å²) in [6.45, 7) is 0. The summed E-state index contributed by atoms with van der Waals surface area (Å²) in [5.74, 6) is 0. The van der Waals surface area contributed by atoms with E-state index in [2.05, 4.69) is 0 Å². The van der Waals surface area contributed by atoms with Gasteiger partial charge in [0.05, 0.1) is 0 Å². The Morgan fingerprint density at radius 1 is 0.714 bits per heavy atom. The third kappa shape index (κ3) is 1.85. The van der Waals surface area contributed by atoms with Crippen LogP contribution in [0.3, 0.4) is 0 Å². The fourth-order valence-corrected chi connectivity index (χ4v) is 1.38. The second-order valence-corrected chi connectivity index (χ2v) is 3.10. The first-order valence-corrected chi connectivity index (χ1v) is 4.49. The van der Waals surface area contributed by atoms with E-state index in [1.807, 2.05) is 42.5 Å². The average molecular weight is 183 g/mol. The van der Waals surface area contributed by atoms with Crippen LogP contribution in [0.5, 0.6) is 0 Å². The molecule has 0 fully saturated rings. The molecule has 0 unspecified atom stereocenters. The first kappa shape index (κ1) is 9.01. The van der Waals surface area contributed by atoms with E-state index in [4.69, 9.17) is 0 Å². The van der Waals surface area contributed by atoms with Crippen LogP contribution >= 0.6 is 0 Å². The first-order valence-electron chi connectivity index (χ1n) is 4.49. The molecule has 0 saturated carbocycles. The molecule has 0 aliphatic carbocycles. The zero-order valence-corrected chi connectivity index (χ0v) is 7.65. The van der Waals surface area contributed by atoms with Crippen LogP contribution in [0.25, 0.3) is 11.1 Å². The Morgan fingerprint density at radius 3 is 1.86 bits per heavy atom. The molecule has 2 rings (SSSR count). The minimum atomic E-state index is 0.602. The Balaban J connectivity index is 2.34. The van der Waals surface area contributed by atoms with Gasteiger partial charge < -0.3 is 4.32 Å². The van der Waals surface area contributed by atoms with Gasteiger partial charge in [-0.2, -0.15) is 0 Å². The smallest absolute Gasteiger partial charge is 0.335 e. The highest BCUT2D eigenvalue weighted by molar-refractivity contribution is 6.46. The minimum absolute atomic E-state index is 0.602. The van der Waals surface area contributed by atoms with Gasteiger partial charge in [-0.05, 0) is 16.6 Å². The van der Waals surface area contributed by atoms with Gasteiger partial charge in [-0.1, -0.05) is 54.6 Å². The van der Waals surface area contributed by atoms with Crippen LogP contribution in [0, 0.1) is 0 Å². The number of hydrogen-bond donors (Lipinski definition) is 0. The second-order valence-electron chi connectivity index (χ2n) is 3.10. The van der Waals surface area contributed by atoms with Gasteiger partial charge in [0.1, 0.15) is 0 Å². The van der Waals surface area contributed by atoms with Gasteiger partial charge in [0.25, 0.3) is 0 Å². The fraction of sp³-hybridized carbons (Fsp3) is 0. The van der Waals surface area contributed by atoms with E-state index >= 15 is 0 Å². The summed E-state index contributed by atoms with van der Waals surface area (Å²) in [5.41, 5.74) is 2.86. The van der Waals surface area contributed by atoms with Crippen LogP contribution in [-0.2, 0) is 0 Å². The molecule has 1 radical (unpaired) electrons. The van der Waals surface area contributed by atoms with E-state index < -0.39 is 0 Å². The van der Waals surface area contributed by atoms with Crippen LogP contribution < -0.4 is 5.46 Å². The van der Waals surface area contributed by atoms with Crippen molar-refractivity contribution in [3.63, 3.8) is 0 Å². The zero-order chi connectivity index (χ0) is 9.80. The standard InChI is InChI=1S/C12H9BF/c14-13-12-8-6-11(7-9-12)10-4-2-1-3-5-10/h1-9H. The molecule has 0 amide bonds. The molecule has 0 atom stereocenters.